The second-order valence-electron chi connectivity index (χ2n) is 4.62. The number of rotatable bonds is 8. The van der Waals surface area contributed by atoms with Gasteiger partial charge in [-0.15, -0.1) is 0 Å². The van der Waals surface area contributed by atoms with Crippen LogP contribution >= 0.6 is 0 Å². The molecule has 1 unspecified atom stereocenters. The van der Waals surface area contributed by atoms with Crippen molar-refractivity contribution in [1.82, 2.24) is 14.7 Å². The Morgan fingerprint density at radius 2 is 2.28 bits per heavy atom. The van der Waals surface area contributed by atoms with Gasteiger partial charge in [-0.3, -0.25) is 14.4 Å². The highest BCUT2D eigenvalue weighted by molar-refractivity contribution is 5.67. The van der Waals surface area contributed by atoms with Gasteiger partial charge in [0.2, 0.25) is 0 Å². The lowest BCUT2D eigenvalue weighted by atomic mass is 10.2. The standard InChI is InChI=1S/C13H23N3O2/c1-4-6-16-10-12(8-14-16)9-15(5-2)11(3)7-13(17)18/h8,10-11H,4-7,9H2,1-3H3,(H,17,18). The van der Waals surface area contributed by atoms with Gasteiger partial charge >= 0.3 is 5.97 Å². The van der Waals surface area contributed by atoms with Gasteiger partial charge in [0.15, 0.2) is 0 Å². The van der Waals surface area contributed by atoms with Crippen LogP contribution in [0, 0.1) is 0 Å². The van der Waals surface area contributed by atoms with Crippen molar-refractivity contribution in [2.75, 3.05) is 6.54 Å². The fraction of sp³-hybridized carbons (Fsp3) is 0.692. The van der Waals surface area contributed by atoms with E-state index in [-0.39, 0.29) is 12.5 Å². The number of hydrogen-bond acceptors (Lipinski definition) is 3. The number of aromatic nitrogens is 2. The number of hydrogen-bond donors (Lipinski definition) is 1. The number of nitrogens with zero attached hydrogens (tertiary/aromatic N) is 3. The molecule has 1 aromatic rings. The Morgan fingerprint density at radius 1 is 1.56 bits per heavy atom. The molecule has 0 saturated carbocycles. The fourth-order valence-electron chi connectivity index (χ4n) is 2.04. The lowest BCUT2D eigenvalue weighted by Crippen LogP contribution is -2.34. The van der Waals surface area contributed by atoms with Crippen LogP contribution in [0.3, 0.4) is 0 Å². The van der Waals surface area contributed by atoms with Crippen LogP contribution in [0.5, 0.6) is 0 Å². The summed E-state index contributed by atoms with van der Waals surface area (Å²) >= 11 is 0. The summed E-state index contributed by atoms with van der Waals surface area (Å²) in [5.41, 5.74) is 1.14. The van der Waals surface area contributed by atoms with Crippen molar-refractivity contribution >= 4 is 5.97 Å². The summed E-state index contributed by atoms with van der Waals surface area (Å²) in [6.45, 7) is 8.65. The van der Waals surface area contributed by atoms with E-state index in [4.69, 9.17) is 5.11 Å². The van der Waals surface area contributed by atoms with Gasteiger partial charge < -0.3 is 5.11 Å². The van der Waals surface area contributed by atoms with Crippen molar-refractivity contribution in [2.24, 2.45) is 0 Å². The van der Waals surface area contributed by atoms with Crippen LogP contribution in [-0.4, -0.2) is 38.3 Å². The molecule has 0 spiro atoms. The minimum absolute atomic E-state index is 0.0435. The highest BCUT2D eigenvalue weighted by atomic mass is 16.4. The third-order valence-electron chi connectivity index (χ3n) is 3.02. The molecular formula is C13H23N3O2. The van der Waals surface area contributed by atoms with Gasteiger partial charge in [-0.2, -0.15) is 5.10 Å². The second kappa shape index (κ2) is 7.16. The largest absolute Gasteiger partial charge is 0.481 e. The maximum absolute atomic E-state index is 10.7. The zero-order valence-electron chi connectivity index (χ0n) is 11.5. The summed E-state index contributed by atoms with van der Waals surface area (Å²) in [6.07, 6.45) is 5.15. The molecule has 1 heterocycles. The zero-order valence-corrected chi connectivity index (χ0v) is 11.5. The van der Waals surface area contributed by atoms with E-state index in [2.05, 4.69) is 23.8 Å². The molecule has 0 aromatic carbocycles. The van der Waals surface area contributed by atoms with Crippen molar-refractivity contribution in [3.05, 3.63) is 18.0 Å². The molecule has 18 heavy (non-hydrogen) atoms. The van der Waals surface area contributed by atoms with E-state index >= 15 is 0 Å². The lowest BCUT2D eigenvalue weighted by molar-refractivity contribution is -0.138. The topological polar surface area (TPSA) is 58.4 Å². The Labute approximate surface area is 108 Å². The molecule has 0 aliphatic heterocycles. The Morgan fingerprint density at radius 3 is 2.83 bits per heavy atom. The molecule has 5 nitrogen and oxygen atoms in total. The number of aliphatic carboxylic acids is 1. The predicted molar refractivity (Wildman–Crippen MR) is 70.3 cm³/mol. The van der Waals surface area contributed by atoms with Gasteiger partial charge in [-0.1, -0.05) is 13.8 Å². The van der Waals surface area contributed by atoms with Crippen LogP contribution in [-0.2, 0) is 17.9 Å². The molecule has 0 aliphatic rings. The first-order valence-corrected chi connectivity index (χ1v) is 6.54. The Hall–Kier alpha value is -1.36. The van der Waals surface area contributed by atoms with Crippen molar-refractivity contribution in [3.8, 4) is 0 Å². The Kier molecular flexibility index (Phi) is 5.85. The van der Waals surface area contributed by atoms with Crippen LogP contribution in [0.25, 0.3) is 0 Å². The van der Waals surface area contributed by atoms with E-state index < -0.39 is 5.97 Å². The second-order valence-corrected chi connectivity index (χ2v) is 4.62. The zero-order chi connectivity index (χ0) is 13.5. The SMILES string of the molecule is CCCn1cc(CN(CC)C(C)CC(=O)O)cn1. The number of carboxylic acids is 1. The molecule has 5 heteroatoms. The van der Waals surface area contributed by atoms with E-state index in [9.17, 15) is 4.79 Å². The maximum atomic E-state index is 10.7. The van der Waals surface area contributed by atoms with Gasteiger partial charge in [0, 0.05) is 30.9 Å². The molecule has 1 atom stereocenters. The Bertz CT molecular complexity index is 376. The normalized spacial score (nSPS) is 12.9. The Balaban J connectivity index is 2.58. The van der Waals surface area contributed by atoms with Crippen molar-refractivity contribution in [1.29, 1.82) is 0 Å². The first kappa shape index (κ1) is 14.7. The van der Waals surface area contributed by atoms with Crippen molar-refractivity contribution in [2.45, 2.75) is 52.7 Å². The molecule has 0 saturated heterocycles. The minimum atomic E-state index is -0.748. The van der Waals surface area contributed by atoms with Gasteiger partial charge in [0.25, 0.3) is 0 Å². The van der Waals surface area contributed by atoms with Gasteiger partial charge in [-0.25, -0.2) is 0 Å². The smallest absolute Gasteiger partial charge is 0.304 e. The predicted octanol–water partition coefficient (Wildman–Crippen LogP) is 1.98. The minimum Gasteiger partial charge on any atom is -0.481 e. The lowest BCUT2D eigenvalue weighted by Gasteiger charge is -2.26. The molecule has 0 bridgehead atoms. The maximum Gasteiger partial charge on any atom is 0.304 e. The molecule has 1 rings (SSSR count). The summed E-state index contributed by atoms with van der Waals surface area (Å²) in [6, 6.07) is 0.0435. The van der Waals surface area contributed by atoms with Crippen LogP contribution in [0.1, 0.15) is 39.2 Å². The molecule has 1 aromatic heterocycles. The molecular weight excluding hydrogens is 230 g/mol. The monoisotopic (exact) mass is 253 g/mol. The van der Waals surface area contributed by atoms with E-state index in [1.54, 1.807) is 0 Å². The summed E-state index contributed by atoms with van der Waals surface area (Å²) in [5, 5.41) is 13.1. The van der Waals surface area contributed by atoms with E-state index in [1.165, 1.54) is 0 Å². The molecule has 102 valence electrons. The summed E-state index contributed by atoms with van der Waals surface area (Å²) in [4.78, 5) is 12.9. The molecule has 0 amide bonds. The van der Waals surface area contributed by atoms with Crippen LogP contribution in [0.15, 0.2) is 12.4 Å². The van der Waals surface area contributed by atoms with Crippen molar-refractivity contribution < 1.29 is 9.90 Å². The summed E-state index contributed by atoms with van der Waals surface area (Å²) < 4.78 is 1.94. The third-order valence-corrected chi connectivity index (χ3v) is 3.02. The average Bonchev–Trinajstić information content (AvgIpc) is 2.73. The average molecular weight is 253 g/mol. The fourth-order valence-corrected chi connectivity index (χ4v) is 2.04. The van der Waals surface area contributed by atoms with Crippen LogP contribution in [0.4, 0.5) is 0 Å². The third kappa shape index (κ3) is 4.49. The number of carbonyl (C=O) groups is 1. The number of aryl methyl sites for hydroxylation is 1. The van der Waals surface area contributed by atoms with E-state index in [0.29, 0.717) is 0 Å². The first-order valence-electron chi connectivity index (χ1n) is 6.54. The van der Waals surface area contributed by atoms with Crippen LogP contribution in [0.2, 0.25) is 0 Å². The van der Waals surface area contributed by atoms with E-state index in [0.717, 1.165) is 31.6 Å². The quantitative estimate of drug-likeness (QED) is 0.769. The highest BCUT2D eigenvalue weighted by Gasteiger charge is 2.16. The number of carboxylic acid groups (broad SMARTS) is 1. The van der Waals surface area contributed by atoms with Gasteiger partial charge in [-0.05, 0) is 19.9 Å². The molecule has 0 aliphatic carbocycles. The van der Waals surface area contributed by atoms with Crippen LogP contribution < -0.4 is 0 Å². The van der Waals surface area contributed by atoms with E-state index in [1.807, 2.05) is 24.0 Å². The van der Waals surface area contributed by atoms with Crippen molar-refractivity contribution in [3.63, 3.8) is 0 Å². The molecule has 0 fully saturated rings. The first-order chi connectivity index (χ1) is 8.56. The summed E-state index contributed by atoms with van der Waals surface area (Å²) in [5.74, 6) is -0.748. The van der Waals surface area contributed by atoms with Gasteiger partial charge in [0.1, 0.15) is 0 Å². The molecule has 1 N–H and O–H groups in total. The summed E-state index contributed by atoms with van der Waals surface area (Å²) in [7, 11) is 0. The van der Waals surface area contributed by atoms with Gasteiger partial charge in [0.05, 0.1) is 12.6 Å². The highest BCUT2D eigenvalue weighted by Crippen LogP contribution is 2.10. The molecule has 0 radical (unpaired) electrons.